The van der Waals surface area contributed by atoms with E-state index in [2.05, 4.69) is 0 Å². The van der Waals surface area contributed by atoms with Gasteiger partial charge in [0.1, 0.15) is 0 Å². The van der Waals surface area contributed by atoms with Gasteiger partial charge in [-0.3, -0.25) is 0 Å². The van der Waals surface area contributed by atoms with Crippen LogP contribution in [0.2, 0.25) is 0 Å². The molecular weight excluding hydrogens is 225 g/mol. The van der Waals surface area contributed by atoms with Gasteiger partial charge in [0.15, 0.2) is 5.60 Å². The van der Waals surface area contributed by atoms with Crippen LogP contribution in [0.5, 0.6) is 0 Å². The molecule has 0 heterocycles. The van der Waals surface area contributed by atoms with Crippen LogP contribution < -0.4 is 0 Å². The number of carboxylic acid groups (broad SMARTS) is 1. The van der Waals surface area contributed by atoms with Gasteiger partial charge in [0.25, 0.3) is 0 Å². The molecule has 0 saturated carbocycles. The first-order valence-electron chi connectivity index (χ1n) is 4.30. The summed E-state index contributed by atoms with van der Waals surface area (Å²) in [6.07, 6.45) is -4.93. The Morgan fingerprint density at radius 1 is 1.25 bits per heavy atom. The van der Waals surface area contributed by atoms with Crippen molar-refractivity contribution >= 4 is 5.97 Å². The van der Waals surface area contributed by atoms with E-state index >= 15 is 0 Å². The Morgan fingerprint density at radius 3 is 2.19 bits per heavy atom. The second-order valence-electron chi connectivity index (χ2n) is 3.42. The molecule has 1 unspecified atom stereocenters. The van der Waals surface area contributed by atoms with Crippen molar-refractivity contribution in [1.29, 1.82) is 0 Å². The van der Waals surface area contributed by atoms with Crippen LogP contribution in [-0.4, -0.2) is 22.4 Å². The SMILES string of the molecule is CC(O)(c1ccccc1C(=O)O)C(F)(F)F. The molecule has 0 aliphatic heterocycles. The fraction of sp³-hybridized carbons (Fsp3) is 0.300. The summed E-state index contributed by atoms with van der Waals surface area (Å²) in [4.78, 5) is 10.7. The molecule has 1 atom stereocenters. The molecule has 0 amide bonds. The maximum Gasteiger partial charge on any atom is 0.421 e. The fourth-order valence-electron chi connectivity index (χ4n) is 1.25. The van der Waals surface area contributed by atoms with E-state index in [-0.39, 0.29) is 0 Å². The summed E-state index contributed by atoms with van der Waals surface area (Å²) in [7, 11) is 0. The van der Waals surface area contributed by atoms with Crippen LogP contribution in [0.25, 0.3) is 0 Å². The number of aromatic carboxylic acids is 1. The van der Waals surface area contributed by atoms with E-state index in [9.17, 15) is 23.1 Å². The molecule has 0 radical (unpaired) electrons. The Morgan fingerprint density at radius 2 is 1.75 bits per heavy atom. The summed E-state index contributed by atoms with van der Waals surface area (Å²) in [6.45, 7) is 0.523. The van der Waals surface area contributed by atoms with Gasteiger partial charge in [-0.15, -0.1) is 0 Å². The first kappa shape index (κ1) is 12.5. The van der Waals surface area contributed by atoms with Crippen LogP contribution in [0.1, 0.15) is 22.8 Å². The summed E-state index contributed by atoms with van der Waals surface area (Å²) in [5, 5.41) is 18.1. The molecule has 3 nitrogen and oxygen atoms in total. The van der Waals surface area contributed by atoms with Crippen molar-refractivity contribution in [3.8, 4) is 0 Å². The smallest absolute Gasteiger partial charge is 0.421 e. The number of benzene rings is 1. The largest absolute Gasteiger partial charge is 0.478 e. The summed E-state index contributed by atoms with van der Waals surface area (Å²) < 4.78 is 37.6. The van der Waals surface area contributed by atoms with Gasteiger partial charge in [0.05, 0.1) is 5.56 Å². The number of hydrogen-bond acceptors (Lipinski definition) is 2. The second kappa shape index (κ2) is 3.79. The number of alkyl halides is 3. The lowest BCUT2D eigenvalue weighted by molar-refractivity contribution is -0.259. The fourth-order valence-corrected chi connectivity index (χ4v) is 1.25. The number of rotatable bonds is 2. The van der Waals surface area contributed by atoms with Crippen LogP contribution >= 0.6 is 0 Å². The van der Waals surface area contributed by atoms with Crippen molar-refractivity contribution in [3.63, 3.8) is 0 Å². The zero-order valence-corrected chi connectivity index (χ0v) is 8.25. The first-order chi connectivity index (χ1) is 7.18. The molecule has 88 valence electrons. The van der Waals surface area contributed by atoms with Crippen LogP contribution in [0.3, 0.4) is 0 Å². The van der Waals surface area contributed by atoms with E-state index in [0.717, 1.165) is 12.1 Å². The maximum absolute atomic E-state index is 12.5. The first-order valence-corrected chi connectivity index (χ1v) is 4.30. The van der Waals surface area contributed by atoms with Crippen LogP contribution in [0.15, 0.2) is 24.3 Å². The van der Waals surface area contributed by atoms with Crippen molar-refractivity contribution in [2.45, 2.75) is 18.7 Å². The molecule has 0 spiro atoms. The number of carboxylic acids is 1. The van der Waals surface area contributed by atoms with Crippen LogP contribution in [-0.2, 0) is 5.60 Å². The zero-order chi connectivity index (χ0) is 12.6. The molecule has 0 aromatic heterocycles. The molecule has 1 rings (SSSR count). The Balaban J connectivity index is 3.39. The lowest BCUT2D eigenvalue weighted by atomic mass is 9.91. The molecule has 6 heteroatoms. The average molecular weight is 234 g/mol. The van der Waals surface area contributed by atoms with Gasteiger partial charge in [0, 0.05) is 5.56 Å². The van der Waals surface area contributed by atoms with Gasteiger partial charge < -0.3 is 10.2 Å². The number of aliphatic hydroxyl groups is 1. The van der Waals surface area contributed by atoms with Crippen LogP contribution in [0.4, 0.5) is 13.2 Å². The van der Waals surface area contributed by atoms with E-state index in [1.54, 1.807) is 0 Å². The van der Waals surface area contributed by atoms with Crippen molar-refractivity contribution in [2.75, 3.05) is 0 Å². The van der Waals surface area contributed by atoms with Gasteiger partial charge in [-0.2, -0.15) is 13.2 Å². The third-order valence-electron chi connectivity index (χ3n) is 2.23. The minimum absolute atomic E-state index is 0.523. The Labute approximate surface area is 89.1 Å². The predicted octanol–water partition coefficient (Wildman–Crippen LogP) is 2.15. The standard InChI is InChI=1S/C10H9F3O3/c1-9(16,10(11,12)13)7-5-3-2-4-6(7)8(14)15/h2-5,16H,1H3,(H,14,15). The average Bonchev–Trinajstić information content (AvgIpc) is 2.16. The van der Waals surface area contributed by atoms with Crippen molar-refractivity contribution in [2.24, 2.45) is 0 Å². The highest BCUT2D eigenvalue weighted by Gasteiger charge is 2.52. The lowest BCUT2D eigenvalue weighted by Gasteiger charge is -2.27. The lowest BCUT2D eigenvalue weighted by Crippen LogP contribution is -2.40. The minimum Gasteiger partial charge on any atom is -0.478 e. The topological polar surface area (TPSA) is 57.5 Å². The number of halogens is 3. The molecule has 0 saturated heterocycles. The van der Waals surface area contributed by atoms with Crippen molar-refractivity contribution in [1.82, 2.24) is 0 Å². The maximum atomic E-state index is 12.5. The molecular formula is C10H9F3O3. The highest BCUT2D eigenvalue weighted by Crippen LogP contribution is 2.39. The molecule has 0 fully saturated rings. The quantitative estimate of drug-likeness (QED) is 0.824. The molecule has 0 aliphatic rings. The summed E-state index contributed by atoms with van der Waals surface area (Å²) in [5.74, 6) is -1.51. The summed E-state index contributed by atoms with van der Waals surface area (Å²) in [6, 6.07) is 4.48. The van der Waals surface area contributed by atoms with E-state index in [4.69, 9.17) is 5.11 Å². The molecule has 0 bridgehead atoms. The zero-order valence-electron chi connectivity index (χ0n) is 8.25. The van der Waals surface area contributed by atoms with Gasteiger partial charge >= 0.3 is 12.1 Å². The third-order valence-corrected chi connectivity index (χ3v) is 2.23. The third kappa shape index (κ3) is 2.01. The normalized spacial score (nSPS) is 15.6. The van der Waals surface area contributed by atoms with Crippen molar-refractivity contribution < 1.29 is 28.2 Å². The van der Waals surface area contributed by atoms with Gasteiger partial charge in [-0.25, -0.2) is 4.79 Å². The molecule has 1 aromatic carbocycles. The molecule has 0 aliphatic carbocycles. The highest BCUT2D eigenvalue weighted by molar-refractivity contribution is 5.89. The molecule has 16 heavy (non-hydrogen) atoms. The Kier molecular flexibility index (Phi) is 2.96. The second-order valence-corrected chi connectivity index (χ2v) is 3.42. The predicted molar refractivity (Wildman–Crippen MR) is 49.0 cm³/mol. The summed E-state index contributed by atoms with van der Waals surface area (Å²) in [5.41, 5.74) is -4.41. The van der Waals surface area contributed by atoms with Gasteiger partial charge in [-0.1, -0.05) is 18.2 Å². The van der Waals surface area contributed by atoms with E-state index < -0.39 is 28.9 Å². The van der Waals surface area contributed by atoms with E-state index in [1.165, 1.54) is 12.1 Å². The van der Waals surface area contributed by atoms with E-state index in [0.29, 0.717) is 6.92 Å². The minimum atomic E-state index is -4.93. The molecule has 2 N–H and O–H groups in total. The summed E-state index contributed by atoms with van der Waals surface area (Å²) >= 11 is 0. The van der Waals surface area contributed by atoms with Gasteiger partial charge in [0.2, 0.25) is 0 Å². The monoisotopic (exact) mass is 234 g/mol. The van der Waals surface area contributed by atoms with Crippen molar-refractivity contribution in [3.05, 3.63) is 35.4 Å². The van der Waals surface area contributed by atoms with Gasteiger partial charge in [-0.05, 0) is 13.0 Å². The highest BCUT2D eigenvalue weighted by atomic mass is 19.4. The number of carbonyl (C=O) groups is 1. The van der Waals surface area contributed by atoms with E-state index in [1.807, 2.05) is 0 Å². The van der Waals surface area contributed by atoms with Crippen LogP contribution in [0, 0.1) is 0 Å². The Hall–Kier alpha value is -1.56. The Bertz CT molecular complexity index is 410. The number of hydrogen-bond donors (Lipinski definition) is 2. The molecule has 1 aromatic rings.